The molecule has 0 aliphatic carbocycles. The lowest BCUT2D eigenvalue weighted by atomic mass is 9.75. The van der Waals surface area contributed by atoms with E-state index in [1.807, 2.05) is 44.2 Å². The molecule has 27 heavy (non-hydrogen) atoms. The second-order valence-electron chi connectivity index (χ2n) is 7.78. The summed E-state index contributed by atoms with van der Waals surface area (Å²) in [6, 6.07) is 10.00. The van der Waals surface area contributed by atoms with Crippen LogP contribution >= 0.6 is 0 Å². The van der Waals surface area contributed by atoms with Crippen LogP contribution in [-0.2, 0) is 28.0 Å². The van der Waals surface area contributed by atoms with Crippen molar-refractivity contribution < 1.29 is 19.1 Å². The monoisotopic (exact) mass is 366 g/mol. The molecule has 0 atom stereocenters. The van der Waals surface area contributed by atoms with Gasteiger partial charge in [0.25, 0.3) is 0 Å². The fourth-order valence-electron chi connectivity index (χ4n) is 3.98. The number of rotatable bonds is 6. The van der Waals surface area contributed by atoms with Gasteiger partial charge < -0.3 is 14.3 Å². The molecule has 4 heteroatoms. The largest absolute Gasteiger partial charge is 0.488 e. The van der Waals surface area contributed by atoms with Crippen LogP contribution in [0.15, 0.2) is 30.3 Å². The van der Waals surface area contributed by atoms with E-state index in [-0.39, 0.29) is 11.4 Å². The van der Waals surface area contributed by atoms with E-state index in [0.717, 1.165) is 39.9 Å². The van der Waals surface area contributed by atoms with Gasteiger partial charge in [-0.2, -0.15) is 0 Å². The highest BCUT2D eigenvalue weighted by atomic mass is 16.5. The average Bonchev–Trinajstić information content (AvgIpc) is 2.62. The van der Waals surface area contributed by atoms with E-state index in [1.165, 1.54) is 0 Å². The lowest BCUT2D eigenvalue weighted by molar-refractivity contribution is -0.137. The van der Waals surface area contributed by atoms with Crippen molar-refractivity contribution in [2.24, 2.45) is 0 Å². The van der Waals surface area contributed by atoms with Crippen molar-refractivity contribution >= 4 is 12.3 Å². The second-order valence-corrected chi connectivity index (χ2v) is 7.78. The Labute approximate surface area is 160 Å². The molecule has 1 heterocycles. The molecule has 0 saturated carbocycles. The third-order valence-electron chi connectivity index (χ3n) is 5.23. The van der Waals surface area contributed by atoms with Crippen LogP contribution < -0.4 is 9.47 Å². The van der Waals surface area contributed by atoms with Gasteiger partial charge in [0.05, 0.1) is 6.42 Å². The van der Waals surface area contributed by atoms with Gasteiger partial charge in [-0.15, -0.1) is 0 Å². The van der Waals surface area contributed by atoms with E-state index < -0.39 is 0 Å². The highest BCUT2D eigenvalue weighted by molar-refractivity contribution is 5.80. The molecule has 0 amide bonds. The summed E-state index contributed by atoms with van der Waals surface area (Å²) >= 11 is 0. The molecule has 0 fully saturated rings. The zero-order valence-electron chi connectivity index (χ0n) is 16.4. The molecular weight excluding hydrogens is 340 g/mol. The highest BCUT2D eigenvalue weighted by Crippen LogP contribution is 2.48. The van der Waals surface area contributed by atoms with E-state index in [1.54, 1.807) is 0 Å². The van der Waals surface area contributed by atoms with Gasteiger partial charge in [-0.05, 0) is 37.0 Å². The van der Waals surface area contributed by atoms with Gasteiger partial charge in [0, 0.05) is 23.0 Å². The third-order valence-corrected chi connectivity index (χ3v) is 5.23. The van der Waals surface area contributed by atoms with Crippen molar-refractivity contribution in [2.75, 3.05) is 0 Å². The topological polar surface area (TPSA) is 52.6 Å². The number of carbonyl (C=O) groups excluding carboxylic acids is 2. The molecule has 4 nitrogen and oxygen atoms in total. The van der Waals surface area contributed by atoms with Crippen molar-refractivity contribution in [3.8, 4) is 11.5 Å². The Morgan fingerprint density at radius 1 is 1.15 bits per heavy atom. The molecule has 1 aliphatic heterocycles. The molecule has 0 saturated heterocycles. The molecular formula is C23H26O4. The summed E-state index contributed by atoms with van der Waals surface area (Å²) in [6.07, 6.45) is 2.21. The number of hydrogen-bond donors (Lipinski definition) is 0. The Bertz CT molecular complexity index is 866. The van der Waals surface area contributed by atoms with E-state index in [9.17, 15) is 9.59 Å². The lowest BCUT2D eigenvalue weighted by Crippen LogP contribution is -2.32. The summed E-state index contributed by atoms with van der Waals surface area (Å²) in [6.45, 7) is 8.54. The highest BCUT2D eigenvalue weighted by Gasteiger charge is 2.38. The van der Waals surface area contributed by atoms with E-state index in [2.05, 4.69) is 13.8 Å². The second kappa shape index (κ2) is 7.55. The number of aldehydes is 1. The molecule has 1 aliphatic rings. The summed E-state index contributed by atoms with van der Waals surface area (Å²) in [4.78, 5) is 23.1. The predicted molar refractivity (Wildman–Crippen MR) is 104 cm³/mol. The molecule has 0 bridgehead atoms. The van der Waals surface area contributed by atoms with E-state index in [0.29, 0.717) is 31.6 Å². The number of hydrogen-bond acceptors (Lipinski definition) is 4. The van der Waals surface area contributed by atoms with Gasteiger partial charge in [0.1, 0.15) is 24.4 Å². The minimum atomic E-state index is -0.326. The summed E-state index contributed by atoms with van der Waals surface area (Å²) in [7, 11) is 0. The van der Waals surface area contributed by atoms with Gasteiger partial charge in [-0.1, -0.05) is 44.2 Å². The van der Waals surface area contributed by atoms with Crippen LogP contribution in [0.25, 0.3) is 0 Å². The standard InChI is InChI=1S/C23H26O4/c1-15-18(11-8-12-24)21(26-14-17-9-6-5-7-10-17)16(2)20-22(15)27-19(25)13-23(20,3)4/h5-7,9-10,12H,8,11,13-14H2,1-4H3. The van der Waals surface area contributed by atoms with Crippen LogP contribution in [0.3, 0.4) is 0 Å². The predicted octanol–water partition coefficient (Wildman–Crippen LogP) is 4.60. The van der Waals surface area contributed by atoms with Crippen molar-refractivity contribution in [3.05, 3.63) is 58.1 Å². The fourth-order valence-corrected chi connectivity index (χ4v) is 3.98. The lowest BCUT2D eigenvalue weighted by Gasteiger charge is -2.35. The maximum atomic E-state index is 12.1. The zero-order valence-corrected chi connectivity index (χ0v) is 16.4. The smallest absolute Gasteiger partial charge is 0.312 e. The fraction of sp³-hybridized carbons (Fsp3) is 0.391. The van der Waals surface area contributed by atoms with Gasteiger partial charge >= 0.3 is 5.97 Å². The summed E-state index contributed by atoms with van der Waals surface area (Å²) in [5.41, 5.74) is 4.61. The summed E-state index contributed by atoms with van der Waals surface area (Å²) in [5, 5.41) is 0. The van der Waals surface area contributed by atoms with Gasteiger partial charge in [-0.25, -0.2) is 0 Å². The van der Waals surface area contributed by atoms with Crippen LogP contribution in [0.1, 0.15) is 54.5 Å². The van der Waals surface area contributed by atoms with E-state index >= 15 is 0 Å². The minimum Gasteiger partial charge on any atom is -0.488 e. The molecule has 3 rings (SSSR count). The van der Waals surface area contributed by atoms with Crippen LogP contribution in [-0.4, -0.2) is 12.3 Å². The molecule has 2 aromatic rings. The molecule has 0 aromatic heterocycles. The molecule has 0 radical (unpaired) electrons. The minimum absolute atomic E-state index is 0.214. The zero-order chi connectivity index (χ0) is 19.6. The van der Waals surface area contributed by atoms with Crippen molar-refractivity contribution in [1.29, 1.82) is 0 Å². The summed E-state index contributed by atoms with van der Waals surface area (Å²) in [5.74, 6) is 1.24. The Morgan fingerprint density at radius 2 is 1.85 bits per heavy atom. The first-order chi connectivity index (χ1) is 12.8. The SMILES string of the molecule is Cc1c(CCC=O)c(OCc2ccccc2)c(C)c2c1OC(=O)CC2(C)C. The Balaban J connectivity index is 2.11. The summed E-state index contributed by atoms with van der Waals surface area (Å²) < 4.78 is 11.9. The van der Waals surface area contributed by atoms with Crippen molar-refractivity contribution in [2.45, 2.75) is 59.0 Å². The maximum absolute atomic E-state index is 12.1. The number of benzene rings is 2. The van der Waals surface area contributed by atoms with Gasteiger partial charge in [-0.3, -0.25) is 4.79 Å². The number of carbonyl (C=O) groups is 2. The first-order valence-electron chi connectivity index (χ1n) is 9.32. The van der Waals surface area contributed by atoms with Crippen LogP contribution in [0, 0.1) is 13.8 Å². The number of ether oxygens (including phenoxy) is 2. The van der Waals surface area contributed by atoms with Crippen LogP contribution in [0.5, 0.6) is 11.5 Å². The first-order valence-corrected chi connectivity index (χ1v) is 9.32. The normalized spacial score (nSPS) is 15.0. The maximum Gasteiger partial charge on any atom is 0.312 e. The quantitative estimate of drug-likeness (QED) is 0.426. The van der Waals surface area contributed by atoms with E-state index in [4.69, 9.17) is 9.47 Å². The van der Waals surface area contributed by atoms with Crippen LogP contribution in [0.4, 0.5) is 0 Å². The third kappa shape index (κ3) is 3.75. The van der Waals surface area contributed by atoms with Crippen molar-refractivity contribution in [1.82, 2.24) is 0 Å². The van der Waals surface area contributed by atoms with Gasteiger partial charge in [0.15, 0.2) is 0 Å². The van der Waals surface area contributed by atoms with Crippen LogP contribution in [0.2, 0.25) is 0 Å². The molecule has 142 valence electrons. The Hall–Kier alpha value is -2.62. The Kier molecular flexibility index (Phi) is 5.36. The van der Waals surface area contributed by atoms with Crippen molar-refractivity contribution in [3.63, 3.8) is 0 Å². The molecule has 0 unspecified atom stereocenters. The first kappa shape index (κ1) is 19.2. The molecule has 0 N–H and O–H groups in total. The number of esters is 1. The van der Waals surface area contributed by atoms with Gasteiger partial charge in [0.2, 0.25) is 0 Å². The Morgan fingerprint density at radius 3 is 2.52 bits per heavy atom. The molecule has 0 spiro atoms. The average molecular weight is 366 g/mol. The number of fused-ring (bicyclic) bond motifs is 1. The molecule has 2 aromatic carbocycles.